The SMILES string of the molecule is C=C[C@H]1C[N+]2(CC(=O)c3ccc([N+](=O)[O-])cc3)CC[C@H]1C[C@@H]2[C@@H](O)c1ccnc2ccccc12. The van der Waals surface area contributed by atoms with Crippen molar-refractivity contribution in [3.05, 3.63) is 94.7 Å². The van der Waals surface area contributed by atoms with Gasteiger partial charge in [0.1, 0.15) is 18.7 Å². The lowest BCUT2D eigenvalue weighted by Crippen LogP contribution is -2.69. The van der Waals surface area contributed by atoms with E-state index >= 15 is 0 Å². The maximum atomic E-state index is 13.4. The van der Waals surface area contributed by atoms with Gasteiger partial charge in [0.25, 0.3) is 5.69 Å². The van der Waals surface area contributed by atoms with Crippen LogP contribution in [0.15, 0.2) is 73.4 Å². The molecule has 0 aliphatic carbocycles. The molecule has 7 heteroatoms. The van der Waals surface area contributed by atoms with Crippen molar-refractivity contribution in [1.29, 1.82) is 0 Å². The number of carbonyl (C=O) groups is 1. The molecular formula is C27H28N3O4+. The van der Waals surface area contributed by atoms with Crippen molar-refractivity contribution in [3.63, 3.8) is 0 Å². The summed E-state index contributed by atoms with van der Waals surface area (Å²) in [5.41, 5.74) is 2.11. The molecule has 174 valence electrons. The highest BCUT2D eigenvalue weighted by Gasteiger charge is 2.54. The number of piperidine rings is 3. The molecule has 2 aromatic carbocycles. The number of hydrogen-bond acceptors (Lipinski definition) is 5. The van der Waals surface area contributed by atoms with Gasteiger partial charge in [-0.05, 0) is 35.7 Å². The Labute approximate surface area is 198 Å². The van der Waals surface area contributed by atoms with Crippen molar-refractivity contribution >= 4 is 22.4 Å². The normalized spacial score (nSPS) is 26.8. The van der Waals surface area contributed by atoms with Crippen LogP contribution in [0.2, 0.25) is 0 Å². The van der Waals surface area contributed by atoms with Crippen molar-refractivity contribution in [2.75, 3.05) is 19.6 Å². The number of hydrogen-bond donors (Lipinski definition) is 1. The van der Waals surface area contributed by atoms with Crippen molar-refractivity contribution in [2.24, 2.45) is 11.8 Å². The Morgan fingerprint density at radius 2 is 2.00 bits per heavy atom. The predicted octanol–water partition coefficient (Wildman–Crippen LogP) is 4.47. The van der Waals surface area contributed by atoms with Crippen LogP contribution in [0.4, 0.5) is 5.69 Å². The lowest BCUT2D eigenvalue weighted by molar-refractivity contribution is -0.966. The largest absolute Gasteiger partial charge is 0.382 e. The summed E-state index contributed by atoms with van der Waals surface area (Å²) in [6.45, 7) is 5.87. The topological polar surface area (TPSA) is 93.3 Å². The Morgan fingerprint density at radius 3 is 2.74 bits per heavy atom. The molecule has 0 amide bonds. The first-order valence-corrected chi connectivity index (χ1v) is 11.7. The van der Waals surface area contributed by atoms with E-state index in [2.05, 4.69) is 11.6 Å². The molecule has 0 spiro atoms. The van der Waals surface area contributed by atoms with E-state index in [1.165, 1.54) is 24.3 Å². The van der Waals surface area contributed by atoms with E-state index in [0.29, 0.717) is 21.9 Å². The van der Waals surface area contributed by atoms with Gasteiger partial charge in [-0.25, -0.2) is 0 Å². The number of para-hydroxylation sites is 1. The number of nitro benzene ring substituents is 1. The van der Waals surface area contributed by atoms with Gasteiger partial charge in [-0.2, -0.15) is 0 Å². The number of rotatable bonds is 7. The number of benzene rings is 2. The summed E-state index contributed by atoms with van der Waals surface area (Å²) in [7, 11) is 0. The molecule has 5 atom stereocenters. The zero-order valence-corrected chi connectivity index (χ0v) is 18.9. The minimum atomic E-state index is -0.730. The number of fused-ring (bicyclic) bond motifs is 4. The maximum absolute atomic E-state index is 13.4. The third-order valence-electron chi connectivity index (χ3n) is 7.90. The number of quaternary nitrogens is 1. The van der Waals surface area contributed by atoms with Crippen LogP contribution >= 0.6 is 0 Å². The van der Waals surface area contributed by atoms with Gasteiger partial charge in [0.05, 0.1) is 23.5 Å². The Morgan fingerprint density at radius 1 is 1.24 bits per heavy atom. The number of aliphatic hydroxyl groups excluding tert-OH is 1. The molecule has 1 N–H and O–H groups in total. The number of aromatic nitrogens is 1. The highest BCUT2D eigenvalue weighted by molar-refractivity contribution is 5.97. The molecule has 3 fully saturated rings. The molecule has 7 nitrogen and oxygen atoms in total. The summed E-state index contributed by atoms with van der Waals surface area (Å²) >= 11 is 0. The second kappa shape index (κ2) is 8.74. The first kappa shape index (κ1) is 22.4. The molecule has 1 unspecified atom stereocenters. The first-order valence-electron chi connectivity index (χ1n) is 11.7. The smallest absolute Gasteiger partial charge is 0.269 e. The van der Waals surface area contributed by atoms with Gasteiger partial charge in [0.2, 0.25) is 5.78 Å². The molecule has 3 aliphatic heterocycles. The standard InChI is InChI=1S/C27H28N3O4/c1-2-18-16-30(17-26(31)19-7-9-21(10-8-19)29(33)34)14-12-20(18)15-25(30)27(32)23-11-13-28-24-6-4-3-5-22(23)24/h2-11,13,18,20,25,27,32H,1,12,14-17H2/q+1/t18-,20-,25+,27-,30?/m0/s1. The number of pyridine rings is 1. The summed E-state index contributed by atoms with van der Waals surface area (Å²) in [6, 6.07) is 15.4. The van der Waals surface area contributed by atoms with Gasteiger partial charge in [0, 0.05) is 48.0 Å². The Kier molecular flexibility index (Phi) is 5.75. The van der Waals surface area contributed by atoms with E-state index in [1.807, 2.05) is 36.4 Å². The Bertz CT molecular complexity index is 1250. The van der Waals surface area contributed by atoms with Gasteiger partial charge in [-0.3, -0.25) is 19.9 Å². The number of ketones is 1. The zero-order valence-electron chi connectivity index (χ0n) is 18.9. The molecular weight excluding hydrogens is 430 g/mol. The van der Waals surface area contributed by atoms with Crippen LogP contribution in [0.5, 0.6) is 0 Å². The lowest BCUT2D eigenvalue weighted by atomic mass is 9.71. The molecule has 0 saturated carbocycles. The molecule has 3 aromatic rings. The average Bonchev–Trinajstić information content (AvgIpc) is 2.87. The van der Waals surface area contributed by atoms with Gasteiger partial charge in [-0.15, -0.1) is 6.58 Å². The molecule has 3 saturated heterocycles. The van der Waals surface area contributed by atoms with Crippen molar-refractivity contribution in [3.8, 4) is 0 Å². The number of Topliss-reactive ketones (excluding diaryl/α,β-unsaturated/α-hetero) is 1. The fourth-order valence-corrected chi connectivity index (χ4v) is 6.11. The highest BCUT2D eigenvalue weighted by Crippen LogP contribution is 2.47. The predicted molar refractivity (Wildman–Crippen MR) is 129 cm³/mol. The van der Waals surface area contributed by atoms with Gasteiger partial charge in [-0.1, -0.05) is 24.3 Å². The molecule has 6 rings (SSSR count). The molecule has 4 heterocycles. The van der Waals surface area contributed by atoms with Gasteiger partial charge >= 0.3 is 0 Å². The van der Waals surface area contributed by atoms with Crippen LogP contribution in [0.25, 0.3) is 10.9 Å². The highest BCUT2D eigenvalue weighted by atomic mass is 16.6. The third-order valence-corrected chi connectivity index (χ3v) is 7.90. The number of nitro groups is 1. The molecule has 1 aromatic heterocycles. The van der Waals surface area contributed by atoms with Crippen LogP contribution in [0, 0.1) is 22.0 Å². The van der Waals surface area contributed by atoms with E-state index < -0.39 is 11.0 Å². The van der Waals surface area contributed by atoms with Crippen LogP contribution in [0.3, 0.4) is 0 Å². The minimum absolute atomic E-state index is 0.0352. The maximum Gasteiger partial charge on any atom is 0.269 e. The summed E-state index contributed by atoms with van der Waals surface area (Å²) in [5.74, 6) is 0.686. The second-order valence-electron chi connectivity index (χ2n) is 9.62. The molecule has 0 radical (unpaired) electrons. The Hall–Kier alpha value is -3.42. The quantitative estimate of drug-likeness (QED) is 0.185. The number of aliphatic hydroxyl groups is 1. The van der Waals surface area contributed by atoms with E-state index in [1.54, 1.807) is 6.20 Å². The first-order chi connectivity index (χ1) is 16.4. The number of nitrogens with zero attached hydrogens (tertiary/aromatic N) is 3. The van der Waals surface area contributed by atoms with E-state index in [9.17, 15) is 20.0 Å². The molecule has 3 aliphatic rings. The molecule has 34 heavy (non-hydrogen) atoms. The summed E-state index contributed by atoms with van der Waals surface area (Å²) < 4.78 is 0.501. The Balaban J connectivity index is 1.49. The molecule has 2 bridgehead atoms. The minimum Gasteiger partial charge on any atom is -0.382 e. The second-order valence-corrected chi connectivity index (χ2v) is 9.62. The van der Waals surface area contributed by atoms with Crippen LogP contribution in [-0.2, 0) is 0 Å². The zero-order chi connectivity index (χ0) is 23.9. The van der Waals surface area contributed by atoms with E-state index in [-0.39, 0.29) is 24.1 Å². The van der Waals surface area contributed by atoms with E-state index in [4.69, 9.17) is 0 Å². The van der Waals surface area contributed by atoms with Gasteiger partial charge < -0.3 is 9.59 Å². The van der Waals surface area contributed by atoms with Gasteiger partial charge in [0.15, 0.2) is 0 Å². The van der Waals surface area contributed by atoms with Crippen molar-refractivity contribution < 1.29 is 19.3 Å². The summed E-state index contributed by atoms with van der Waals surface area (Å²) in [4.78, 5) is 28.3. The van der Waals surface area contributed by atoms with Crippen LogP contribution in [0.1, 0.15) is 34.9 Å². The fraction of sp³-hybridized carbons (Fsp3) is 0.333. The average molecular weight is 459 g/mol. The van der Waals surface area contributed by atoms with Crippen molar-refractivity contribution in [1.82, 2.24) is 4.98 Å². The van der Waals surface area contributed by atoms with Crippen molar-refractivity contribution in [2.45, 2.75) is 25.0 Å². The monoisotopic (exact) mass is 458 g/mol. The van der Waals surface area contributed by atoms with Crippen LogP contribution < -0.4 is 0 Å². The summed E-state index contributed by atoms with van der Waals surface area (Å²) in [6.07, 6.45) is 4.81. The number of non-ortho nitro benzene ring substituents is 1. The third kappa shape index (κ3) is 3.81. The van der Waals surface area contributed by atoms with Crippen LogP contribution in [-0.4, -0.2) is 51.0 Å². The number of carbonyl (C=O) groups excluding carboxylic acids is 1. The lowest BCUT2D eigenvalue weighted by Gasteiger charge is -2.57. The van der Waals surface area contributed by atoms with E-state index in [0.717, 1.165) is 42.4 Å². The summed E-state index contributed by atoms with van der Waals surface area (Å²) in [5, 5.41) is 23.6. The fourth-order valence-electron chi connectivity index (χ4n) is 6.11.